The van der Waals surface area contributed by atoms with Gasteiger partial charge in [0.15, 0.2) is 5.78 Å². The van der Waals surface area contributed by atoms with Gasteiger partial charge in [-0.15, -0.1) is 11.8 Å². The van der Waals surface area contributed by atoms with Gasteiger partial charge in [-0.3, -0.25) is 9.59 Å². The predicted molar refractivity (Wildman–Crippen MR) is 83.8 cm³/mol. The predicted octanol–water partition coefficient (Wildman–Crippen LogP) is 3.81. The molecule has 1 unspecified atom stereocenters. The lowest BCUT2D eigenvalue weighted by atomic mass is 10.1. The van der Waals surface area contributed by atoms with Crippen molar-refractivity contribution in [2.24, 2.45) is 0 Å². The molecule has 0 radical (unpaired) electrons. The normalized spacial score (nSPS) is 11.9. The van der Waals surface area contributed by atoms with E-state index in [0.717, 1.165) is 10.5 Å². The number of carbonyl (C=O) groups is 2. The number of carboxylic acids is 1. The summed E-state index contributed by atoms with van der Waals surface area (Å²) in [6.45, 7) is 1.97. The van der Waals surface area contributed by atoms with E-state index in [1.807, 2.05) is 37.3 Å². The van der Waals surface area contributed by atoms with Gasteiger partial charge < -0.3 is 5.11 Å². The van der Waals surface area contributed by atoms with Crippen LogP contribution in [-0.4, -0.2) is 22.1 Å². The van der Waals surface area contributed by atoms with E-state index in [-0.39, 0.29) is 12.2 Å². The van der Waals surface area contributed by atoms with Gasteiger partial charge in [0.1, 0.15) is 5.25 Å². The van der Waals surface area contributed by atoms with E-state index in [2.05, 4.69) is 0 Å². The highest BCUT2D eigenvalue weighted by molar-refractivity contribution is 8.00. The van der Waals surface area contributed by atoms with Gasteiger partial charge in [0.2, 0.25) is 0 Å². The summed E-state index contributed by atoms with van der Waals surface area (Å²) in [7, 11) is 0. The number of ketones is 1. The number of benzene rings is 2. The van der Waals surface area contributed by atoms with Gasteiger partial charge in [-0.1, -0.05) is 48.0 Å². The molecule has 108 valence electrons. The Kier molecular flexibility index (Phi) is 5.17. The Morgan fingerprint density at radius 2 is 1.67 bits per heavy atom. The lowest BCUT2D eigenvalue weighted by Gasteiger charge is -2.11. The van der Waals surface area contributed by atoms with Crippen molar-refractivity contribution < 1.29 is 14.7 Å². The summed E-state index contributed by atoms with van der Waals surface area (Å²) in [6, 6.07) is 16.4. The Morgan fingerprint density at radius 1 is 1.05 bits per heavy atom. The molecule has 1 atom stereocenters. The van der Waals surface area contributed by atoms with E-state index in [1.165, 1.54) is 11.8 Å². The minimum absolute atomic E-state index is 0.0160. The van der Waals surface area contributed by atoms with Crippen molar-refractivity contribution in [3.05, 3.63) is 65.7 Å². The van der Waals surface area contributed by atoms with E-state index in [4.69, 9.17) is 0 Å². The van der Waals surface area contributed by atoms with Crippen LogP contribution >= 0.6 is 11.8 Å². The second kappa shape index (κ2) is 7.09. The number of rotatable bonds is 6. The van der Waals surface area contributed by atoms with Gasteiger partial charge in [0.05, 0.1) is 0 Å². The fourth-order valence-corrected chi connectivity index (χ4v) is 2.83. The number of aliphatic carboxylic acids is 1. The molecule has 3 nitrogen and oxygen atoms in total. The van der Waals surface area contributed by atoms with Crippen LogP contribution in [0.4, 0.5) is 0 Å². The summed E-state index contributed by atoms with van der Waals surface area (Å²) >= 11 is 1.21. The maximum Gasteiger partial charge on any atom is 0.317 e. The van der Waals surface area contributed by atoms with Gasteiger partial charge in [-0.25, -0.2) is 0 Å². The Balaban J connectivity index is 2.07. The van der Waals surface area contributed by atoms with E-state index in [1.54, 1.807) is 24.3 Å². The molecule has 2 aromatic carbocycles. The van der Waals surface area contributed by atoms with Crippen LogP contribution in [0, 0.1) is 6.92 Å². The van der Waals surface area contributed by atoms with E-state index in [0.29, 0.717) is 5.56 Å². The molecule has 0 bridgehead atoms. The Labute approximate surface area is 128 Å². The van der Waals surface area contributed by atoms with E-state index < -0.39 is 11.2 Å². The molecule has 0 aliphatic rings. The molecule has 0 heterocycles. The van der Waals surface area contributed by atoms with Crippen molar-refractivity contribution in [2.45, 2.75) is 23.5 Å². The number of hydrogen-bond donors (Lipinski definition) is 1. The van der Waals surface area contributed by atoms with Crippen LogP contribution in [0.2, 0.25) is 0 Å². The molecule has 0 aliphatic carbocycles. The van der Waals surface area contributed by atoms with Crippen molar-refractivity contribution >= 4 is 23.5 Å². The standard InChI is InChI=1S/C17H16O3S/c1-12-7-9-14(10-8-12)21-16(17(19)20)11-15(18)13-5-3-2-4-6-13/h2-10,16H,11H2,1H3,(H,19,20). The Hall–Kier alpha value is -2.07. The Morgan fingerprint density at radius 3 is 2.24 bits per heavy atom. The molecule has 0 fully saturated rings. The summed E-state index contributed by atoms with van der Waals surface area (Å²) in [6.07, 6.45) is -0.0160. The summed E-state index contributed by atoms with van der Waals surface area (Å²) < 4.78 is 0. The van der Waals surface area contributed by atoms with Crippen molar-refractivity contribution in [1.29, 1.82) is 0 Å². The number of Topliss-reactive ketones (excluding diaryl/α,β-unsaturated/α-hetero) is 1. The summed E-state index contributed by atoms with van der Waals surface area (Å²) in [5.41, 5.74) is 1.67. The van der Waals surface area contributed by atoms with Crippen LogP contribution in [0.3, 0.4) is 0 Å². The third-order valence-electron chi connectivity index (χ3n) is 3.04. The molecular weight excluding hydrogens is 284 g/mol. The zero-order valence-corrected chi connectivity index (χ0v) is 12.5. The lowest BCUT2D eigenvalue weighted by molar-refractivity contribution is -0.136. The maximum atomic E-state index is 12.1. The van der Waals surface area contributed by atoms with Gasteiger partial charge in [-0.2, -0.15) is 0 Å². The molecule has 0 aliphatic heterocycles. The second-order valence-corrected chi connectivity index (χ2v) is 6.03. The van der Waals surface area contributed by atoms with Crippen LogP contribution < -0.4 is 0 Å². The van der Waals surface area contributed by atoms with Crippen molar-refractivity contribution in [3.8, 4) is 0 Å². The number of aryl methyl sites for hydroxylation is 1. The van der Waals surface area contributed by atoms with Gasteiger partial charge in [-0.05, 0) is 19.1 Å². The van der Waals surface area contributed by atoms with Gasteiger partial charge in [0, 0.05) is 16.9 Å². The number of carbonyl (C=O) groups excluding carboxylic acids is 1. The molecule has 0 aromatic heterocycles. The van der Waals surface area contributed by atoms with Crippen molar-refractivity contribution in [3.63, 3.8) is 0 Å². The highest BCUT2D eigenvalue weighted by Crippen LogP contribution is 2.27. The van der Waals surface area contributed by atoms with E-state index in [9.17, 15) is 14.7 Å². The molecule has 2 rings (SSSR count). The average Bonchev–Trinajstić information content (AvgIpc) is 2.49. The molecular formula is C17H16O3S. The topological polar surface area (TPSA) is 54.4 Å². The summed E-state index contributed by atoms with van der Waals surface area (Å²) in [5.74, 6) is -1.12. The second-order valence-electron chi connectivity index (χ2n) is 4.75. The molecule has 21 heavy (non-hydrogen) atoms. The minimum atomic E-state index is -0.968. The van der Waals surface area contributed by atoms with Gasteiger partial charge in [0.25, 0.3) is 0 Å². The monoisotopic (exact) mass is 300 g/mol. The number of thioether (sulfide) groups is 1. The quantitative estimate of drug-likeness (QED) is 0.651. The first-order valence-electron chi connectivity index (χ1n) is 6.60. The van der Waals surface area contributed by atoms with Crippen LogP contribution in [0.15, 0.2) is 59.5 Å². The number of hydrogen-bond acceptors (Lipinski definition) is 3. The van der Waals surface area contributed by atoms with Crippen LogP contribution in [0.25, 0.3) is 0 Å². The smallest absolute Gasteiger partial charge is 0.317 e. The first-order valence-corrected chi connectivity index (χ1v) is 7.48. The maximum absolute atomic E-state index is 12.1. The summed E-state index contributed by atoms with van der Waals surface area (Å²) in [5, 5.41) is 8.53. The highest BCUT2D eigenvalue weighted by Gasteiger charge is 2.23. The first kappa shape index (κ1) is 15.3. The number of carboxylic acid groups (broad SMARTS) is 1. The molecule has 0 amide bonds. The molecule has 1 N–H and O–H groups in total. The van der Waals surface area contributed by atoms with Gasteiger partial charge >= 0.3 is 5.97 Å². The average molecular weight is 300 g/mol. The lowest BCUT2D eigenvalue weighted by Crippen LogP contribution is -2.20. The fraction of sp³-hybridized carbons (Fsp3) is 0.176. The van der Waals surface area contributed by atoms with Crippen molar-refractivity contribution in [1.82, 2.24) is 0 Å². The van der Waals surface area contributed by atoms with Crippen LogP contribution in [0.5, 0.6) is 0 Å². The zero-order valence-electron chi connectivity index (χ0n) is 11.7. The highest BCUT2D eigenvalue weighted by atomic mass is 32.2. The van der Waals surface area contributed by atoms with E-state index >= 15 is 0 Å². The first-order chi connectivity index (χ1) is 10.1. The summed E-state index contributed by atoms with van der Waals surface area (Å²) in [4.78, 5) is 24.3. The molecule has 2 aromatic rings. The van der Waals surface area contributed by atoms with Crippen LogP contribution in [0.1, 0.15) is 22.3 Å². The van der Waals surface area contributed by atoms with Crippen LogP contribution in [-0.2, 0) is 4.79 Å². The largest absolute Gasteiger partial charge is 0.480 e. The minimum Gasteiger partial charge on any atom is -0.480 e. The fourth-order valence-electron chi connectivity index (χ4n) is 1.87. The molecule has 4 heteroatoms. The third kappa shape index (κ3) is 4.46. The molecule has 0 spiro atoms. The SMILES string of the molecule is Cc1ccc(SC(CC(=O)c2ccccc2)C(=O)O)cc1. The molecule has 0 saturated carbocycles. The third-order valence-corrected chi connectivity index (χ3v) is 4.24. The zero-order chi connectivity index (χ0) is 15.2. The Bertz CT molecular complexity index is 620. The molecule has 0 saturated heterocycles. The van der Waals surface area contributed by atoms with Crippen molar-refractivity contribution in [2.75, 3.05) is 0 Å².